The molecule has 8 nitrogen and oxygen atoms in total. The average Bonchev–Trinajstić information content (AvgIpc) is 2.68. The summed E-state index contributed by atoms with van der Waals surface area (Å²) in [6.07, 6.45) is 8.67. The number of nitrogens with one attached hydrogen (secondary N) is 2. The lowest BCUT2D eigenvalue weighted by molar-refractivity contribution is -0.0450. The molecule has 0 spiro atoms. The molecule has 0 saturated heterocycles. The van der Waals surface area contributed by atoms with E-state index in [1.165, 1.54) is 18.3 Å². The van der Waals surface area contributed by atoms with Gasteiger partial charge in [-0.15, -0.1) is 0 Å². The van der Waals surface area contributed by atoms with Crippen LogP contribution in [0.4, 0.5) is 9.18 Å². The van der Waals surface area contributed by atoms with Crippen LogP contribution in [0, 0.1) is 24.6 Å². The summed E-state index contributed by atoms with van der Waals surface area (Å²) in [7, 11) is 0. The highest BCUT2D eigenvalue weighted by Crippen LogP contribution is 2.57. The molecule has 4 saturated carbocycles. The minimum absolute atomic E-state index is 0.151. The van der Waals surface area contributed by atoms with Crippen LogP contribution in [0.5, 0.6) is 5.88 Å². The minimum atomic E-state index is -0.554. The Morgan fingerprint density at radius 3 is 2.32 bits per heavy atom. The Labute approximate surface area is 179 Å². The van der Waals surface area contributed by atoms with Crippen LogP contribution in [-0.4, -0.2) is 38.0 Å². The quantitative estimate of drug-likeness (QED) is 0.780. The van der Waals surface area contributed by atoms with Crippen LogP contribution in [0.2, 0.25) is 0 Å². The summed E-state index contributed by atoms with van der Waals surface area (Å²) >= 11 is 0. The Kier molecular flexibility index (Phi) is 4.64. The number of ether oxygens (including phenoxy) is 1. The molecule has 2 aromatic heterocycles. The van der Waals surface area contributed by atoms with Gasteiger partial charge in [0.05, 0.1) is 24.3 Å². The predicted molar refractivity (Wildman–Crippen MR) is 108 cm³/mol. The van der Waals surface area contributed by atoms with Crippen LogP contribution in [0.25, 0.3) is 0 Å². The molecule has 0 aromatic carbocycles. The third kappa shape index (κ3) is 3.96. The van der Waals surface area contributed by atoms with Crippen molar-refractivity contribution in [1.82, 2.24) is 25.6 Å². The van der Waals surface area contributed by atoms with E-state index in [0.29, 0.717) is 18.3 Å². The fourth-order valence-electron chi connectivity index (χ4n) is 6.14. The van der Waals surface area contributed by atoms with Gasteiger partial charge in [-0.1, -0.05) is 0 Å². The van der Waals surface area contributed by atoms with Crippen molar-refractivity contribution < 1.29 is 18.7 Å². The molecule has 2 unspecified atom stereocenters. The molecule has 6 rings (SSSR count). The zero-order valence-electron chi connectivity index (χ0n) is 17.2. The second kappa shape index (κ2) is 7.25. The smallest absolute Gasteiger partial charge is 0.390 e. The topological polar surface area (TPSA) is 106 Å². The number of halogens is 1. The van der Waals surface area contributed by atoms with Gasteiger partial charge in [0.1, 0.15) is 11.5 Å². The monoisotopic (exact) mass is 425 g/mol. The predicted octanol–water partition coefficient (Wildman–Crippen LogP) is 2.93. The molecular formula is C22H24FN5O3. The Morgan fingerprint density at radius 1 is 1.00 bits per heavy atom. The van der Waals surface area contributed by atoms with Gasteiger partial charge in [-0.05, 0) is 69.4 Å². The first-order chi connectivity index (χ1) is 14.8. The van der Waals surface area contributed by atoms with Gasteiger partial charge in [0, 0.05) is 11.1 Å². The lowest BCUT2D eigenvalue weighted by Crippen LogP contribution is -2.70. The first kappa shape index (κ1) is 19.8. The van der Waals surface area contributed by atoms with Gasteiger partial charge in [-0.2, -0.15) is 0 Å². The number of pyridine rings is 1. The van der Waals surface area contributed by atoms with Crippen molar-refractivity contribution in [1.29, 1.82) is 0 Å². The largest absolute Gasteiger partial charge is 0.414 e. The summed E-state index contributed by atoms with van der Waals surface area (Å²) in [6.45, 7) is 1.81. The zero-order chi connectivity index (χ0) is 21.6. The summed E-state index contributed by atoms with van der Waals surface area (Å²) < 4.78 is 18.5. The Hall–Kier alpha value is -3.10. The maximum atomic E-state index is 13.2. The third-order valence-electron chi connectivity index (χ3n) is 6.72. The lowest BCUT2D eigenvalue weighted by Gasteiger charge is -2.61. The van der Waals surface area contributed by atoms with Crippen molar-refractivity contribution in [2.24, 2.45) is 11.8 Å². The number of hydrogen-bond acceptors (Lipinski definition) is 6. The van der Waals surface area contributed by atoms with Gasteiger partial charge in [-0.3, -0.25) is 9.78 Å². The number of carbonyl (C=O) groups is 2. The van der Waals surface area contributed by atoms with E-state index in [0.717, 1.165) is 44.0 Å². The molecule has 162 valence electrons. The van der Waals surface area contributed by atoms with Crippen LogP contribution in [0.3, 0.4) is 0 Å². The van der Waals surface area contributed by atoms with Crippen molar-refractivity contribution in [2.45, 2.75) is 56.5 Å². The van der Waals surface area contributed by atoms with E-state index in [1.807, 2.05) is 6.92 Å². The summed E-state index contributed by atoms with van der Waals surface area (Å²) in [5.41, 5.74) is 0.0930. The van der Waals surface area contributed by atoms with E-state index < -0.39 is 23.0 Å². The molecule has 9 heteroatoms. The fourth-order valence-corrected chi connectivity index (χ4v) is 6.14. The number of aryl methyl sites for hydroxylation is 1. The van der Waals surface area contributed by atoms with Gasteiger partial charge in [-0.25, -0.2) is 19.2 Å². The SMILES string of the molecule is Cc1cnc(OC(=O)NC23CC4CC(C2)CC(NC(=O)c2ccc(F)cn2)(C4)C3)cn1. The van der Waals surface area contributed by atoms with Crippen LogP contribution in [0.15, 0.2) is 30.7 Å². The summed E-state index contributed by atoms with van der Waals surface area (Å²) in [5, 5.41) is 6.26. The van der Waals surface area contributed by atoms with Crippen LogP contribution < -0.4 is 15.4 Å². The fraction of sp³-hybridized carbons (Fsp3) is 0.500. The molecule has 2 atom stereocenters. The molecule has 0 aliphatic heterocycles. The molecular weight excluding hydrogens is 401 g/mol. The highest BCUT2D eigenvalue weighted by molar-refractivity contribution is 5.92. The molecule has 4 aliphatic rings. The highest BCUT2D eigenvalue weighted by Gasteiger charge is 2.59. The van der Waals surface area contributed by atoms with Crippen molar-refractivity contribution in [3.05, 3.63) is 47.9 Å². The Balaban J connectivity index is 1.31. The molecule has 4 bridgehead atoms. The van der Waals surface area contributed by atoms with Crippen molar-refractivity contribution >= 4 is 12.0 Å². The molecule has 4 aliphatic carbocycles. The summed E-state index contributed by atoms with van der Waals surface area (Å²) in [6, 6.07) is 2.62. The van der Waals surface area contributed by atoms with Crippen molar-refractivity contribution in [2.75, 3.05) is 0 Å². The van der Waals surface area contributed by atoms with Gasteiger partial charge in [0.2, 0.25) is 5.88 Å². The van der Waals surface area contributed by atoms with Crippen LogP contribution >= 0.6 is 0 Å². The van der Waals surface area contributed by atoms with E-state index >= 15 is 0 Å². The molecule has 2 aromatic rings. The van der Waals surface area contributed by atoms with E-state index in [-0.39, 0.29) is 17.5 Å². The maximum Gasteiger partial charge on any atom is 0.414 e. The number of hydrogen-bond donors (Lipinski definition) is 2. The Bertz CT molecular complexity index is 997. The van der Waals surface area contributed by atoms with E-state index in [4.69, 9.17) is 4.74 Å². The second-order valence-electron chi connectivity index (χ2n) is 9.35. The molecule has 0 radical (unpaired) electrons. The number of aromatic nitrogens is 3. The summed E-state index contributed by atoms with van der Waals surface area (Å²) in [5.74, 6) is 0.198. The lowest BCUT2D eigenvalue weighted by atomic mass is 9.50. The first-order valence-corrected chi connectivity index (χ1v) is 10.5. The first-order valence-electron chi connectivity index (χ1n) is 10.5. The number of nitrogens with zero attached hydrogens (tertiary/aromatic N) is 3. The van der Waals surface area contributed by atoms with E-state index in [9.17, 15) is 14.0 Å². The molecule has 2 heterocycles. The maximum absolute atomic E-state index is 13.2. The molecule has 31 heavy (non-hydrogen) atoms. The number of amides is 2. The van der Waals surface area contributed by atoms with Crippen LogP contribution in [-0.2, 0) is 0 Å². The summed E-state index contributed by atoms with van der Waals surface area (Å²) in [4.78, 5) is 37.5. The molecule has 2 amide bonds. The molecule has 2 N–H and O–H groups in total. The van der Waals surface area contributed by atoms with Gasteiger partial charge in [0.15, 0.2) is 0 Å². The van der Waals surface area contributed by atoms with Crippen molar-refractivity contribution in [3.8, 4) is 5.88 Å². The van der Waals surface area contributed by atoms with Crippen molar-refractivity contribution in [3.63, 3.8) is 0 Å². The normalized spacial score (nSPS) is 30.6. The zero-order valence-corrected chi connectivity index (χ0v) is 17.2. The standard InChI is InChI=1S/C22H24FN5O3/c1-13-9-26-18(11-24-13)31-20(30)28-22-7-14-4-15(8-22)6-21(5-14,12-22)27-19(29)17-3-2-16(23)10-25-17/h2-3,9-11,14-15H,4-8,12H2,1H3,(H,27,29)(H,28,30). The minimum Gasteiger partial charge on any atom is -0.390 e. The third-order valence-corrected chi connectivity index (χ3v) is 6.72. The Morgan fingerprint density at radius 2 is 1.71 bits per heavy atom. The van der Waals surface area contributed by atoms with Gasteiger partial charge < -0.3 is 15.4 Å². The molecule has 4 fully saturated rings. The number of carbonyl (C=O) groups excluding carboxylic acids is 2. The second-order valence-corrected chi connectivity index (χ2v) is 9.35. The van der Waals surface area contributed by atoms with Gasteiger partial charge >= 0.3 is 6.09 Å². The van der Waals surface area contributed by atoms with Crippen LogP contribution in [0.1, 0.15) is 54.7 Å². The van der Waals surface area contributed by atoms with E-state index in [1.54, 1.807) is 6.20 Å². The van der Waals surface area contributed by atoms with E-state index in [2.05, 4.69) is 25.6 Å². The highest BCUT2D eigenvalue weighted by atomic mass is 19.1. The number of rotatable bonds is 4. The van der Waals surface area contributed by atoms with Gasteiger partial charge in [0.25, 0.3) is 5.91 Å². The average molecular weight is 425 g/mol.